The van der Waals surface area contributed by atoms with Crippen molar-refractivity contribution in [1.82, 2.24) is 9.97 Å². The van der Waals surface area contributed by atoms with Crippen LogP contribution in [-0.2, 0) is 6.61 Å². The van der Waals surface area contributed by atoms with E-state index in [-0.39, 0.29) is 5.69 Å². The van der Waals surface area contributed by atoms with Crippen molar-refractivity contribution in [2.24, 2.45) is 0 Å². The number of hydrogen-bond acceptors (Lipinski definition) is 3. The zero-order valence-corrected chi connectivity index (χ0v) is 8.01. The summed E-state index contributed by atoms with van der Waals surface area (Å²) in [5.41, 5.74) is 0.256. The van der Waals surface area contributed by atoms with Crippen molar-refractivity contribution in [1.29, 1.82) is 0 Å². The quantitative estimate of drug-likeness (QED) is 0.817. The van der Waals surface area contributed by atoms with Crippen LogP contribution in [0.15, 0.2) is 47.4 Å². The normalized spacial score (nSPS) is 9.87. The van der Waals surface area contributed by atoms with Crippen LogP contribution in [-0.4, -0.2) is 9.97 Å². The molecule has 1 N–H and O–H groups in total. The van der Waals surface area contributed by atoms with Gasteiger partial charge in [-0.1, -0.05) is 18.2 Å². The van der Waals surface area contributed by atoms with E-state index < -0.39 is 0 Å². The van der Waals surface area contributed by atoms with Crippen molar-refractivity contribution in [3.05, 3.63) is 58.8 Å². The third-order valence-electron chi connectivity index (χ3n) is 1.86. The number of hydrogen-bond donors (Lipinski definition) is 1. The Hall–Kier alpha value is -2.10. The average molecular weight is 202 g/mol. The topological polar surface area (TPSA) is 55.0 Å². The number of para-hydroxylation sites is 1. The summed E-state index contributed by atoms with van der Waals surface area (Å²) in [6.45, 7) is 0.300. The zero-order chi connectivity index (χ0) is 10.5. The van der Waals surface area contributed by atoms with Crippen LogP contribution in [0.2, 0.25) is 0 Å². The molecule has 4 heteroatoms. The second-order valence-electron chi connectivity index (χ2n) is 2.99. The highest BCUT2D eigenvalue weighted by molar-refractivity contribution is 5.21. The van der Waals surface area contributed by atoms with Crippen LogP contribution in [0.4, 0.5) is 0 Å². The molecule has 0 aliphatic carbocycles. The minimum atomic E-state index is -0.357. The van der Waals surface area contributed by atoms with Gasteiger partial charge in [-0.25, -0.2) is 4.79 Å². The van der Waals surface area contributed by atoms with E-state index in [2.05, 4.69) is 9.97 Å². The van der Waals surface area contributed by atoms with E-state index >= 15 is 0 Å². The molecule has 2 rings (SSSR count). The number of benzene rings is 1. The van der Waals surface area contributed by atoms with Crippen molar-refractivity contribution in [2.45, 2.75) is 6.61 Å². The van der Waals surface area contributed by atoms with E-state index in [4.69, 9.17) is 4.74 Å². The molecule has 0 amide bonds. The van der Waals surface area contributed by atoms with E-state index in [0.29, 0.717) is 12.3 Å². The molecule has 1 aromatic carbocycles. The molecule has 0 atom stereocenters. The van der Waals surface area contributed by atoms with Crippen molar-refractivity contribution in [3.8, 4) is 5.75 Å². The molecule has 0 aliphatic rings. The molecule has 4 nitrogen and oxygen atoms in total. The molecule has 0 saturated carbocycles. The lowest BCUT2D eigenvalue weighted by atomic mass is 10.3. The second-order valence-corrected chi connectivity index (χ2v) is 2.99. The van der Waals surface area contributed by atoms with Crippen LogP contribution in [0.5, 0.6) is 5.75 Å². The van der Waals surface area contributed by atoms with Gasteiger partial charge in [-0.2, -0.15) is 4.98 Å². The third kappa shape index (κ3) is 2.67. The van der Waals surface area contributed by atoms with Gasteiger partial charge in [0.05, 0.1) is 5.69 Å². The van der Waals surface area contributed by atoms with Crippen molar-refractivity contribution in [2.75, 3.05) is 0 Å². The predicted octanol–water partition coefficient (Wildman–Crippen LogP) is 1.35. The first-order valence-corrected chi connectivity index (χ1v) is 4.57. The number of aromatic amines is 1. The average Bonchev–Trinajstić information content (AvgIpc) is 2.28. The number of aromatic nitrogens is 2. The summed E-state index contributed by atoms with van der Waals surface area (Å²) in [6, 6.07) is 11.1. The molecule has 1 heterocycles. The van der Waals surface area contributed by atoms with Crippen LogP contribution < -0.4 is 10.4 Å². The molecule has 0 unspecified atom stereocenters. The predicted molar refractivity (Wildman–Crippen MR) is 55.6 cm³/mol. The summed E-state index contributed by atoms with van der Waals surface area (Å²) in [4.78, 5) is 17.1. The van der Waals surface area contributed by atoms with Crippen LogP contribution in [0.25, 0.3) is 0 Å². The maximum absolute atomic E-state index is 10.9. The van der Waals surface area contributed by atoms with E-state index in [1.54, 1.807) is 12.3 Å². The summed E-state index contributed by atoms with van der Waals surface area (Å²) in [7, 11) is 0. The molecule has 15 heavy (non-hydrogen) atoms. The molecule has 0 spiro atoms. The standard InChI is InChI=1S/C11H10N2O2/c14-11-12-7-6-9(13-11)8-15-10-4-2-1-3-5-10/h1-7H,8H2,(H,12,13,14). The first kappa shape index (κ1) is 9.45. The Morgan fingerprint density at radius 2 is 2.00 bits per heavy atom. The lowest BCUT2D eigenvalue weighted by molar-refractivity contribution is 0.300. The number of nitrogens with zero attached hydrogens (tertiary/aromatic N) is 1. The third-order valence-corrected chi connectivity index (χ3v) is 1.86. The zero-order valence-electron chi connectivity index (χ0n) is 8.01. The van der Waals surface area contributed by atoms with Gasteiger partial charge in [0.25, 0.3) is 0 Å². The van der Waals surface area contributed by atoms with Gasteiger partial charge in [0.15, 0.2) is 0 Å². The fourth-order valence-corrected chi connectivity index (χ4v) is 1.16. The summed E-state index contributed by atoms with van der Waals surface area (Å²) in [6.07, 6.45) is 1.55. The Balaban J connectivity index is 2.02. The van der Waals surface area contributed by atoms with Crippen LogP contribution in [0.3, 0.4) is 0 Å². The van der Waals surface area contributed by atoms with Crippen molar-refractivity contribution < 1.29 is 4.74 Å². The maximum atomic E-state index is 10.9. The molecule has 0 saturated heterocycles. The molecule has 0 fully saturated rings. The van der Waals surface area contributed by atoms with Gasteiger partial charge in [0.2, 0.25) is 0 Å². The Morgan fingerprint density at radius 1 is 1.20 bits per heavy atom. The first-order valence-electron chi connectivity index (χ1n) is 4.57. The Labute approximate surface area is 86.6 Å². The largest absolute Gasteiger partial charge is 0.487 e. The second kappa shape index (κ2) is 4.41. The Morgan fingerprint density at radius 3 is 2.73 bits per heavy atom. The molecule has 0 radical (unpaired) electrons. The summed E-state index contributed by atoms with van der Waals surface area (Å²) >= 11 is 0. The molecular weight excluding hydrogens is 192 g/mol. The Kier molecular flexibility index (Phi) is 2.78. The van der Waals surface area contributed by atoms with Crippen molar-refractivity contribution in [3.63, 3.8) is 0 Å². The first-order chi connectivity index (χ1) is 7.34. The van der Waals surface area contributed by atoms with Crippen LogP contribution in [0.1, 0.15) is 5.69 Å². The van der Waals surface area contributed by atoms with Gasteiger partial charge in [-0.15, -0.1) is 0 Å². The number of nitrogens with one attached hydrogen (secondary N) is 1. The minimum absolute atomic E-state index is 0.300. The smallest absolute Gasteiger partial charge is 0.345 e. The highest BCUT2D eigenvalue weighted by Crippen LogP contribution is 2.09. The highest BCUT2D eigenvalue weighted by atomic mass is 16.5. The highest BCUT2D eigenvalue weighted by Gasteiger charge is 1.96. The fraction of sp³-hybridized carbons (Fsp3) is 0.0909. The van der Waals surface area contributed by atoms with Gasteiger partial charge in [-0.3, -0.25) is 0 Å². The number of rotatable bonds is 3. The molecule has 0 bridgehead atoms. The summed E-state index contributed by atoms with van der Waals surface area (Å²) < 4.78 is 5.43. The van der Waals surface area contributed by atoms with Gasteiger partial charge in [-0.05, 0) is 18.2 Å². The van der Waals surface area contributed by atoms with E-state index in [1.807, 2.05) is 30.3 Å². The SMILES string of the molecule is O=c1nc(COc2ccccc2)cc[nH]1. The van der Waals surface area contributed by atoms with Gasteiger partial charge in [0, 0.05) is 6.20 Å². The lowest BCUT2D eigenvalue weighted by Gasteiger charge is -2.03. The van der Waals surface area contributed by atoms with E-state index in [9.17, 15) is 4.79 Å². The van der Waals surface area contributed by atoms with Gasteiger partial charge < -0.3 is 9.72 Å². The molecule has 76 valence electrons. The van der Waals surface area contributed by atoms with Gasteiger partial charge in [0.1, 0.15) is 12.4 Å². The molecule has 0 aliphatic heterocycles. The number of H-pyrrole nitrogens is 1. The van der Waals surface area contributed by atoms with E-state index in [0.717, 1.165) is 5.75 Å². The monoisotopic (exact) mass is 202 g/mol. The number of ether oxygens (including phenoxy) is 1. The summed E-state index contributed by atoms with van der Waals surface area (Å²) in [5, 5.41) is 0. The minimum Gasteiger partial charge on any atom is -0.487 e. The van der Waals surface area contributed by atoms with Crippen LogP contribution >= 0.6 is 0 Å². The maximum Gasteiger partial charge on any atom is 0.345 e. The molecule has 1 aromatic heterocycles. The van der Waals surface area contributed by atoms with Crippen molar-refractivity contribution >= 4 is 0 Å². The molecule has 2 aromatic rings. The van der Waals surface area contributed by atoms with Crippen LogP contribution in [0, 0.1) is 0 Å². The van der Waals surface area contributed by atoms with E-state index in [1.165, 1.54) is 0 Å². The molecular formula is C11H10N2O2. The Bertz CT molecular complexity index is 479. The van der Waals surface area contributed by atoms with Gasteiger partial charge >= 0.3 is 5.69 Å². The lowest BCUT2D eigenvalue weighted by Crippen LogP contribution is -2.12. The fourth-order valence-electron chi connectivity index (χ4n) is 1.16. The summed E-state index contributed by atoms with van der Waals surface area (Å²) in [5.74, 6) is 0.764.